The van der Waals surface area contributed by atoms with E-state index < -0.39 is 11.4 Å². The minimum atomic E-state index is -0.812. The van der Waals surface area contributed by atoms with Crippen molar-refractivity contribution in [3.63, 3.8) is 0 Å². The number of carboxylic acid groups (broad SMARTS) is 1. The Kier molecular flexibility index (Phi) is 8.16. The van der Waals surface area contributed by atoms with E-state index in [1.807, 2.05) is 18.2 Å². The average Bonchev–Trinajstić information content (AvgIpc) is 3.40. The second-order valence-electron chi connectivity index (χ2n) is 18.8. The molecule has 4 saturated carbocycles. The second-order valence-corrected chi connectivity index (χ2v) is 18.8. The summed E-state index contributed by atoms with van der Waals surface area (Å²) < 4.78 is 8.27. The minimum absolute atomic E-state index is 0.0698. The van der Waals surface area contributed by atoms with Gasteiger partial charge < -0.3 is 14.4 Å². The number of hydrogen-bond acceptors (Lipinski definition) is 4. The molecule has 1 N–H and O–H groups in total. The normalized spacial score (nSPS) is 39.6. The van der Waals surface area contributed by atoms with Gasteiger partial charge in [0.1, 0.15) is 12.4 Å². The summed E-state index contributed by atoms with van der Waals surface area (Å²) in [5.74, 6) is 0.924. The number of ketones is 1. The van der Waals surface area contributed by atoms with Gasteiger partial charge in [-0.2, -0.15) is 0 Å². The summed E-state index contributed by atoms with van der Waals surface area (Å²) >= 11 is 0. The number of ether oxygens (including phenoxy) is 1. The minimum Gasteiger partial charge on any atom is -0.481 e. The van der Waals surface area contributed by atoms with Crippen molar-refractivity contribution in [2.75, 3.05) is 6.61 Å². The van der Waals surface area contributed by atoms with E-state index in [4.69, 9.17) is 4.74 Å². The zero-order valence-corrected chi connectivity index (χ0v) is 31.1. The van der Waals surface area contributed by atoms with Crippen LogP contribution in [0.15, 0.2) is 42.0 Å². The van der Waals surface area contributed by atoms with Crippen LogP contribution in [0.3, 0.4) is 0 Å². The first-order valence-electron chi connectivity index (χ1n) is 19.2. The summed E-state index contributed by atoms with van der Waals surface area (Å²) in [6.45, 7) is 17.6. The Morgan fingerprint density at radius 2 is 1.67 bits per heavy atom. The number of allylic oxidation sites excluding steroid dienone is 2. The number of carboxylic acids is 1. The van der Waals surface area contributed by atoms with Crippen molar-refractivity contribution < 1.29 is 24.2 Å². The van der Waals surface area contributed by atoms with Gasteiger partial charge >= 0.3 is 11.9 Å². The van der Waals surface area contributed by atoms with Crippen LogP contribution >= 0.6 is 0 Å². The van der Waals surface area contributed by atoms with Crippen molar-refractivity contribution in [2.45, 2.75) is 132 Å². The third kappa shape index (κ3) is 5.11. The molecule has 49 heavy (non-hydrogen) atoms. The lowest BCUT2D eigenvalue weighted by Crippen LogP contribution is -2.64. The molecule has 0 bridgehead atoms. The Morgan fingerprint density at radius 1 is 0.939 bits per heavy atom. The van der Waals surface area contributed by atoms with Crippen LogP contribution < -0.4 is 0 Å². The van der Waals surface area contributed by atoms with Gasteiger partial charge in [0.15, 0.2) is 0 Å². The topological polar surface area (TPSA) is 85.6 Å². The van der Waals surface area contributed by atoms with Gasteiger partial charge in [-0.05, 0) is 128 Å². The highest BCUT2D eigenvalue weighted by Crippen LogP contribution is 2.75. The summed E-state index contributed by atoms with van der Waals surface area (Å²) in [5.41, 5.74) is 3.46. The highest BCUT2D eigenvalue weighted by atomic mass is 16.5. The van der Waals surface area contributed by atoms with E-state index in [0.29, 0.717) is 42.9 Å². The van der Waals surface area contributed by atoms with Gasteiger partial charge in [-0.3, -0.25) is 14.4 Å². The van der Waals surface area contributed by atoms with Gasteiger partial charge in [0.2, 0.25) is 0 Å². The van der Waals surface area contributed by atoms with E-state index in [1.54, 1.807) is 5.57 Å². The standard InChI is InChI=1S/C43H59NO5/c1-38(2)33-16-19-43(7)34(41(33,5)18-17-35(38)45)14-13-30-31-27-40(4,21-20-39(31,3)22-23-42(30,43)6)37(48)49-25-24-44-29(12-15-36(46)47)26-28-10-8-9-11-32(28)44/h8-11,13,26,31,33-34H,12,14-25,27H2,1-7H3,(H,46,47)/t31-,33-,34+,39+,40-,41-,42+,43+/m0/s1. The number of para-hydroxylation sites is 1. The van der Waals surface area contributed by atoms with Gasteiger partial charge in [0.05, 0.1) is 18.4 Å². The smallest absolute Gasteiger partial charge is 0.311 e. The fraction of sp³-hybridized carbons (Fsp3) is 0.698. The molecule has 266 valence electrons. The monoisotopic (exact) mass is 669 g/mol. The number of carbonyl (C=O) groups excluding carboxylic acids is 2. The highest BCUT2D eigenvalue weighted by molar-refractivity contribution is 5.85. The fourth-order valence-corrected chi connectivity index (χ4v) is 12.7. The summed E-state index contributed by atoms with van der Waals surface area (Å²) in [7, 11) is 0. The Balaban J connectivity index is 1.11. The van der Waals surface area contributed by atoms with Crippen molar-refractivity contribution in [2.24, 2.45) is 50.2 Å². The number of esters is 1. The number of aliphatic carboxylic acids is 1. The Labute approximate surface area is 293 Å². The molecule has 7 rings (SSSR count). The molecule has 6 nitrogen and oxygen atoms in total. The number of aryl methyl sites for hydroxylation is 1. The fourth-order valence-electron chi connectivity index (χ4n) is 12.7. The molecular weight excluding hydrogens is 610 g/mol. The zero-order chi connectivity index (χ0) is 35.2. The highest BCUT2D eigenvalue weighted by Gasteiger charge is 2.68. The van der Waals surface area contributed by atoms with Crippen LogP contribution in [0.1, 0.15) is 125 Å². The van der Waals surface area contributed by atoms with E-state index in [9.17, 15) is 19.5 Å². The zero-order valence-electron chi connectivity index (χ0n) is 31.1. The maximum absolute atomic E-state index is 14.1. The van der Waals surface area contributed by atoms with Crippen molar-refractivity contribution >= 4 is 28.6 Å². The first-order chi connectivity index (χ1) is 23.0. The number of rotatable bonds is 7. The predicted molar refractivity (Wildman–Crippen MR) is 193 cm³/mol. The Hall–Kier alpha value is -2.89. The van der Waals surface area contributed by atoms with Gasteiger partial charge in [0, 0.05) is 23.0 Å². The third-order valence-electron chi connectivity index (χ3n) is 16.1. The molecule has 0 unspecified atom stereocenters. The van der Waals surface area contributed by atoms with Gasteiger partial charge in [-0.1, -0.05) is 71.4 Å². The maximum atomic E-state index is 14.1. The lowest BCUT2D eigenvalue weighted by molar-refractivity contribution is -0.186. The molecule has 1 aromatic carbocycles. The molecular formula is C43H59NO5. The summed E-state index contributed by atoms with van der Waals surface area (Å²) in [6.07, 6.45) is 13.4. The van der Waals surface area contributed by atoms with Crippen molar-refractivity contribution in [1.29, 1.82) is 0 Å². The number of fused-ring (bicyclic) bond motifs is 8. The van der Waals surface area contributed by atoms with Crippen molar-refractivity contribution in [3.8, 4) is 0 Å². The Morgan fingerprint density at radius 3 is 2.43 bits per heavy atom. The van der Waals surface area contributed by atoms with E-state index in [0.717, 1.165) is 55.1 Å². The first-order valence-corrected chi connectivity index (χ1v) is 19.2. The number of Topliss-reactive ketones (excluding diaryl/α,β-unsaturated/α-hetero) is 1. The third-order valence-corrected chi connectivity index (χ3v) is 16.1. The van der Waals surface area contributed by atoms with Gasteiger partial charge in [-0.25, -0.2) is 0 Å². The SMILES string of the molecule is CC1(C)C(=O)CC[C@]2(C)[C@H]3CC=C4[C@@H]5C[C@@](C)(C(=O)OCCn6c(CCC(=O)O)cc7ccccc76)CC[C@]5(C)CC[C@@]4(C)[C@]3(C)CC[C@@H]12. The first kappa shape index (κ1) is 34.6. The van der Waals surface area contributed by atoms with Crippen LogP contribution in [0, 0.1) is 50.2 Å². The molecule has 2 aromatic rings. The molecule has 0 radical (unpaired) electrons. The molecule has 1 heterocycles. The quantitative estimate of drug-likeness (QED) is 0.234. The van der Waals surface area contributed by atoms with Crippen molar-refractivity contribution in [3.05, 3.63) is 47.7 Å². The molecule has 4 fully saturated rings. The van der Waals surface area contributed by atoms with Crippen LogP contribution in [-0.4, -0.2) is 34.0 Å². The van der Waals surface area contributed by atoms with Crippen LogP contribution in [0.5, 0.6) is 0 Å². The lowest BCUT2D eigenvalue weighted by Gasteiger charge is -2.70. The van der Waals surface area contributed by atoms with Gasteiger partial charge in [0.25, 0.3) is 0 Å². The van der Waals surface area contributed by atoms with E-state index in [-0.39, 0.29) is 46.1 Å². The number of hydrogen-bond donors (Lipinski definition) is 1. The van der Waals surface area contributed by atoms with E-state index >= 15 is 0 Å². The van der Waals surface area contributed by atoms with Gasteiger partial charge in [-0.15, -0.1) is 0 Å². The molecule has 5 aliphatic carbocycles. The summed E-state index contributed by atoms with van der Waals surface area (Å²) in [5, 5.41) is 10.4. The van der Waals surface area contributed by atoms with E-state index in [1.165, 1.54) is 19.3 Å². The molecule has 0 amide bonds. The molecule has 1 aromatic heterocycles. The van der Waals surface area contributed by atoms with Crippen LogP contribution in [-0.2, 0) is 32.1 Å². The summed E-state index contributed by atoms with van der Waals surface area (Å²) in [6, 6.07) is 10.2. The second kappa shape index (κ2) is 11.6. The Bertz CT molecular complexity index is 1720. The predicted octanol–water partition coefficient (Wildman–Crippen LogP) is 9.57. The number of nitrogens with zero attached hydrogens (tertiary/aromatic N) is 1. The number of benzene rings is 1. The largest absolute Gasteiger partial charge is 0.481 e. The molecule has 8 atom stereocenters. The molecule has 0 aliphatic heterocycles. The number of carbonyl (C=O) groups is 3. The molecule has 6 heteroatoms. The van der Waals surface area contributed by atoms with E-state index in [2.05, 4.69) is 71.2 Å². The molecule has 0 saturated heterocycles. The molecule has 0 spiro atoms. The summed E-state index contributed by atoms with van der Waals surface area (Å²) in [4.78, 5) is 38.5. The number of aromatic nitrogens is 1. The van der Waals surface area contributed by atoms with Crippen LogP contribution in [0.2, 0.25) is 0 Å². The van der Waals surface area contributed by atoms with Crippen molar-refractivity contribution in [1.82, 2.24) is 4.57 Å². The maximum Gasteiger partial charge on any atom is 0.311 e. The molecule has 5 aliphatic rings. The van der Waals surface area contributed by atoms with Crippen LogP contribution in [0.25, 0.3) is 10.9 Å². The average molecular weight is 670 g/mol. The lowest BCUT2D eigenvalue weighted by atomic mass is 9.33. The van der Waals surface area contributed by atoms with Crippen LogP contribution in [0.4, 0.5) is 0 Å².